The highest BCUT2D eigenvalue weighted by molar-refractivity contribution is 6.28. The lowest BCUT2D eigenvalue weighted by Gasteiger charge is -2.40. The van der Waals surface area contributed by atoms with E-state index in [2.05, 4.69) is 20.8 Å². The molecular formula is C15H26O4. The van der Waals surface area contributed by atoms with Gasteiger partial charge in [0.05, 0.1) is 0 Å². The molecule has 1 aliphatic rings. The first-order chi connectivity index (χ1) is 8.76. The second kappa shape index (κ2) is 6.40. The topological polar surface area (TPSA) is 63.6 Å². The Morgan fingerprint density at radius 3 is 2.53 bits per heavy atom. The number of ether oxygens (including phenoxy) is 1. The summed E-state index contributed by atoms with van der Waals surface area (Å²) in [6.07, 6.45) is 5.08. The predicted molar refractivity (Wildman–Crippen MR) is 72.7 cm³/mol. The zero-order valence-corrected chi connectivity index (χ0v) is 12.4. The van der Waals surface area contributed by atoms with Crippen molar-refractivity contribution in [3.8, 4) is 0 Å². The molecule has 3 atom stereocenters. The van der Waals surface area contributed by atoms with Crippen LogP contribution in [0, 0.1) is 17.3 Å². The molecule has 1 aliphatic carbocycles. The number of hydrogen-bond acceptors (Lipinski definition) is 3. The van der Waals surface area contributed by atoms with Crippen LogP contribution in [0.25, 0.3) is 0 Å². The third-order valence-corrected chi connectivity index (χ3v) is 4.41. The van der Waals surface area contributed by atoms with E-state index in [1.165, 1.54) is 12.8 Å². The number of aliphatic carboxylic acids is 1. The third kappa shape index (κ3) is 4.51. The molecule has 0 heterocycles. The second-order valence-electron chi connectivity index (χ2n) is 6.54. The molecule has 0 aromatic rings. The Labute approximate surface area is 115 Å². The van der Waals surface area contributed by atoms with Crippen molar-refractivity contribution in [2.45, 2.75) is 65.9 Å². The summed E-state index contributed by atoms with van der Waals surface area (Å²) in [5.74, 6) is -1.91. The van der Waals surface area contributed by atoms with Gasteiger partial charge in [-0.15, -0.1) is 0 Å². The molecule has 0 amide bonds. The van der Waals surface area contributed by atoms with E-state index in [-0.39, 0.29) is 12.0 Å². The van der Waals surface area contributed by atoms with Crippen LogP contribution < -0.4 is 0 Å². The first-order valence-electron chi connectivity index (χ1n) is 7.20. The van der Waals surface area contributed by atoms with Crippen LogP contribution in [0.1, 0.15) is 59.8 Å². The lowest BCUT2D eigenvalue weighted by Crippen LogP contribution is -2.36. The Morgan fingerprint density at radius 1 is 1.42 bits per heavy atom. The second-order valence-corrected chi connectivity index (χ2v) is 6.54. The number of carbonyl (C=O) groups is 2. The number of hydrogen-bond donors (Lipinski definition) is 1. The van der Waals surface area contributed by atoms with Gasteiger partial charge in [0, 0.05) is 0 Å². The third-order valence-electron chi connectivity index (χ3n) is 4.41. The first kappa shape index (κ1) is 16.0. The van der Waals surface area contributed by atoms with Crippen LogP contribution in [0.4, 0.5) is 0 Å². The van der Waals surface area contributed by atoms with Crippen LogP contribution in [-0.4, -0.2) is 23.1 Å². The van der Waals surface area contributed by atoms with Gasteiger partial charge in [-0.1, -0.05) is 40.5 Å². The average molecular weight is 270 g/mol. The Bertz CT molecular complexity index is 335. The molecule has 0 aliphatic heterocycles. The zero-order chi connectivity index (χ0) is 14.6. The standard InChI is InChI=1S/C15H26O4/c1-5-12(19-14(18)13(16)17)10(2)11-7-6-8-15(3,4)9-11/h10-12H,5-9H2,1-4H3,(H,16,17). The molecule has 1 saturated carbocycles. The van der Waals surface area contributed by atoms with Gasteiger partial charge in [0.25, 0.3) is 0 Å². The molecule has 110 valence electrons. The predicted octanol–water partition coefficient (Wildman–Crippen LogP) is 3.25. The van der Waals surface area contributed by atoms with E-state index in [9.17, 15) is 9.59 Å². The quantitative estimate of drug-likeness (QED) is 0.629. The van der Waals surface area contributed by atoms with Gasteiger partial charge >= 0.3 is 11.9 Å². The summed E-state index contributed by atoms with van der Waals surface area (Å²) in [5, 5.41) is 8.63. The van der Waals surface area contributed by atoms with Gasteiger partial charge in [0.1, 0.15) is 6.10 Å². The Hall–Kier alpha value is -1.06. The number of rotatable bonds is 4. The van der Waals surface area contributed by atoms with Crippen molar-refractivity contribution in [2.75, 3.05) is 0 Å². The molecular weight excluding hydrogens is 244 g/mol. The molecule has 0 spiro atoms. The fourth-order valence-corrected chi connectivity index (χ4v) is 3.26. The molecule has 4 heteroatoms. The van der Waals surface area contributed by atoms with Crippen LogP contribution in [-0.2, 0) is 14.3 Å². The van der Waals surface area contributed by atoms with Crippen molar-refractivity contribution < 1.29 is 19.4 Å². The number of carbonyl (C=O) groups excluding carboxylic acids is 1. The monoisotopic (exact) mass is 270 g/mol. The number of carboxylic acid groups (broad SMARTS) is 1. The number of carboxylic acids is 1. The molecule has 0 aromatic heterocycles. The van der Waals surface area contributed by atoms with Gasteiger partial charge in [-0.25, -0.2) is 9.59 Å². The van der Waals surface area contributed by atoms with Crippen molar-refractivity contribution in [2.24, 2.45) is 17.3 Å². The van der Waals surface area contributed by atoms with E-state index in [1.807, 2.05) is 6.92 Å². The Balaban J connectivity index is 2.65. The van der Waals surface area contributed by atoms with Crippen molar-refractivity contribution in [3.05, 3.63) is 0 Å². The van der Waals surface area contributed by atoms with Crippen molar-refractivity contribution in [1.29, 1.82) is 0 Å². The van der Waals surface area contributed by atoms with Crippen LogP contribution in [0.15, 0.2) is 0 Å². The minimum atomic E-state index is -1.50. The van der Waals surface area contributed by atoms with Gasteiger partial charge in [0.2, 0.25) is 0 Å². The van der Waals surface area contributed by atoms with E-state index >= 15 is 0 Å². The van der Waals surface area contributed by atoms with Crippen molar-refractivity contribution in [1.82, 2.24) is 0 Å². The minimum Gasteiger partial charge on any atom is -0.473 e. The van der Waals surface area contributed by atoms with Crippen LogP contribution in [0.2, 0.25) is 0 Å². The first-order valence-corrected chi connectivity index (χ1v) is 7.20. The molecule has 3 unspecified atom stereocenters. The van der Waals surface area contributed by atoms with Gasteiger partial charge in [-0.05, 0) is 36.5 Å². The molecule has 1 rings (SSSR count). The summed E-state index contributed by atoms with van der Waals surface area (Å²) in [7, 11) is 0. The van der Waals surface area contributed by atoms with E-state index in [1.54, 1.807) is 0 Å². The van der Waals surface area contributed by atoms with Gasteiger partial charge in [-0.2, -0.15) is 0 Å². The Kier molecular flexibility index (Phi) is 5.39. The maximum atomic E-state index is 11.2. The molecule has 0 radical (unpaired) electrons. The lowest BCUT2D eigenvalue weighted by molar-refractivity contribution is -0.170. The molecule has 0 saturated heterocycles. The summed E-state index contributed by atoms with van der Waals surface area (Å²) in [6, 6.07) is 0. The maximum Gasteiger partial charge on any atom is 0.417 e. The highest BCUT2D eigenvalue weighted by atomic mass is 16.6. The highest BCUT2D eigenvalue weighted by Gasteiger charge is 2.35. The number of esters is 1. The normalized spacial score (nSPS) is 25.4. The van der Waals surface area contributed by atoms with E-state index in [0.717, 1.165) is 12.8 Å². The summed E-state index contributed by atoms with van der Waals surface area (Å²) >= 11 is 0. The molecule has 19 heavy (non-hydrogen) atoms. The molecule has 1 N–H and O–H groups in total. The summed E-state index contributed by atoms with van der Waals surface area (Å²) in [5.41, 5.74) is 0.340. The van der Waals surface area contributed by atoms with E-state index < -0.39 is 11.9 Å². The summed E-state index contributed by atoms with van der Waals surface area (Å²) in [4.78, 5) is 21.8. The zero-order valence-electron chi connectivity index (χ0n) is 12.4. The lowest BCUT2D eigenvalue weighted by atomic mass is 9.67. The minimum absolute atomic E-state index is 0.216. The van der Waals surface area contributed by atoms with Crippen LogP contribution >= 0.6 is 0 Å². The SMILES string of the molecule is CCC(OC(=O)C(=O)O)C(C)C1CCCC(C)(C)C1. The van der Waals surface area contributed by atoms with Crippen molar-refractivity contribution >= 4 is 11.9 Å². The Morgan fingerprint density at radius 2 is 2.05 bits per heavy atom. The maximum absolute atomic E-state index is 11.2. The highest BCUT2D eigenvalue weighted by Crippen LogP contribution is 2.42. The smallest absolute Gasteiger partial charge is 0.417 e. The molecule has 1 fully saturated rings. The molecule has 4 nitrogen and oxygen atoms in total. The summed E-state index contributed by atoms with van der Waals surface area (Å²) in [6.45, 7) is 8.56. The van der Waals surface area contributed by atoms with Gasteiger partial charge in [-0.3, -0.25) is 0 Å². The fourth-order valence-electron chi connectivity index (χ4n) is 3.26. The van der Waals surface area contributed by atoms with E-state index in [0.29, 0.717) is 17.8 Å². The summed E-state index contributed by atoms with van der Waals surface area (Å²) < 4.78 is 5.11. The van der Waals surface area contributed by atoms with Crippen molar-refractivity contribution in [3.63, 3.8) is 0 Å². The molecule has 0 bridgehead atoms. The molecule has 0 aromatic carbocycles. The van der Waals surface area contributed by atoms with Crippen LogP contribution in [0.3, 0.4) is 0 Å². The van der Waals surface area contributed by atoms with Crippen LogP contribution in [0.5, 0.6) is 0 Å². The fraction of sp³-hybridized carbons (Fsp3) is 0.867. The van der Waals surface area contributed by atoms with Gasteiger partial charge in [0.15, 0.2) is 0 Å². The average Bonchev–Trinajstić information content (AvgIpc) is 2.33. The largest absolute Gasteiger partial charge is 0.473 e. The van der Waals surface area contributed by atoms with Gasteiger partial charge < -0.3 is 9.84 Å². The van der Waals surface area contributed by atoms with E-state index in [4.69, 9.17) is 9.84 Å².